The number of imidazole rings is 1. The molecule has 0 N–H and O–H groups in total. The summed E-state index contributed by atoms with van der Waals surface area (Å²) < 4.78 is 3.25. The Morgan fingerprint density at radius 1 is 1.17 bits per heavy atom. The molecule has 0 unspecified atom stereocenters. The van der Waals surface area contributed by atoms with Crippen molar-refractivity contribution < 1.29 is 0 Å². The summed E-state index contributed by atoms with van der Waals surface area (Å²) in [6.45, 7) is 2.17. The van der Waals surface area contributed by atoms with Gasteiger partial charge in [-0.05, 0) is 51.9 Å². The summed E-state index contributed by atoms with van der Waals surface area (Å²) in [5.74, 6) is 1.97. The van der Waals surface area contributed by atoms with Gasteiger partial charge in [0.1, 0.15) is 5.82 Å². The maximum absolute atomic E-state index is 4.62. The summed E-state index contributed by atoms with van der Waals surface area (Å²) in [4.78, 5) is 4.62. The molecule has 1 aromatic heterocycles. The van der Waals surface area contributed by atoms with Crippen molar-refractivity contribution in [2.75, 3.05) is 6.26 Å². The summed E-state index contributed by atoms with van der Waals surface area (Å²) >= 11 is 5.54. The fourth-order valence-corrected chi connectivity index (χ4v) is 3.86. The highest BCUT2D eigenvalue weighted by molar-refractivity contribution is 9.10. The average molecular weight is 387 g/mol. The Labute approximate surface area is 150 Å². The summed E-state index contributed by atoms with van der Waals surface area (Å²) in [7, 11) is 0. The van der Waals surface area contributed by atoms with Gasteiger partial charge in [-0.3, -0.25) is 4.57 Å². The lowest BCUT2D eigenvalue weighted by Gasteiger charge is -2.13. The van der Waals surface area contributed by atoms with Crippen LogP contribution in [0, 0.1) is 0 Å². The first-order chi connectivity index (χ1) is 11.2. The van der Waals surface area contributed by atoms with Crippen molar-refractivity contribution in [3.63, 3.8) is 0 Å². The first-order valence-electron chi connectivity index (χ1n) is 7.64. The molecule has 0 saturated heterocycles. The van der Waals surface area contributed by atoms with Gasteiger partial charge < -0.3 is 0 Å². The van der Waals surface area contributed by atoms with Gasteiger partial charge in [0.15, 0.2) is 0 Å². The molecule has 3 aromatic rings. The van der Waals surface area contributed by atoms with E-state index in [-0.39, 0.29) is 0 Å². The standard InChI is InChI=1S/C19H19BrN2S/c1-3-14-8-9-18(17(20)12-14)22-11-10-21-19(22)16-7-5-4-6-15(16)13-23-2/h4-12H,3,13H2,1-2H3. The highest BCUT2D eigenvalue weighted by atomic mass is 79.9. The van der Waals surface area contributed by atoms with E-state index in [0.29, 0.717) is 0 Å². The zero-order valence-corrected chi connectivity index (χ0v) is 15.7. The van der Waals surface area contributed by atoms with E-state index in [9.17, 15) is 0 Å². The van der Waals surface area contributed by atoms with Crippen LogP contribution in [0.3, 0.4) is 0 Å². The number of aromatic nitrogens is 2. The van der Waals surface area contributed by atoms with E-state index in [2.05, 4.69) is 81.1 Å². The van der Waals surface area contributed by atoms with Crippen molar-refractivity contribution in [2.24, 2.45) is 0 Å². The van der Waals surface area contributed by atoms with Gasteiger partial charge in [0.2, 0.25) is 0 Å². The Balaban J connectivity index is 2.11. The molecule has 3 rings (SSSR count). The average Bonchev–Trinajstić information content (AvgIpc) is 3.04. The van der Waals surface area contributed by atoms with Crippen LogP contribution in [0.15, 0.2) is 59.3 Å². The van der Waals surface area contributed by atoms with Crippen molar-refractivity contribution >= 4 is 27.7 Å². The minimum absolute atomic E-state index is 0.985. The fourth-order valence-electron chi connectivity index (χ4n) is 2.68. The third-order valence-electron chi connectivity index (χ3n) is 3.88. The van der Waals surface area contributed by atoms with Crippen molar-refractivity contribution in [1.82, 2.24) is 9.55 Å². The lowest BCUT2D eigenvalue weighted by Crippen LogP contribution is -2.00. The number of hydrogen-bond acceptors (Lipinski definition) is 2. The molecule has 4 heteroatoms. The van der Waals surface area contributed by atoms with Gasteiger partial charge >= 0.3 is 0 Å². The van der Waals surface area contributed by atoms with E-state index in [1.807, 2.05) is 24.2 Å². The third kappa shape index (κ3) is 3.38. The predicted molar refractivity (Wildman–Crippen MR) is 103 cm³/mol. The van der Waals surface area contributed by atoms with E-state index in [4.69, 9.17) is 0 Å². The minimum Gasteiger partial charge on any atom is -0.299 e. The SMILES string of the molecule is CCc1ccc(-n2ccnc2-c2ccccc2CSC)c(Br)c1. The Kier molecular flexibility index (Phi) is 5.23. The van der Waals surface area contributed by atoms with Gasteiger partial charge in [-0.25, -0.2) is 4.98 Å². The number of benzene rings is 2. The van der Waals surface area contributed by atoms with Crippen molar-refractivity contribution in [3.8, 4) is 17.1 Å². The molecule has 0 radical (unpaired) electrons. The number of rotatable bonds is 5. The van der Waals surface area contributed by atoms with Crippen LogP contribution < -0.4 is 0 Å². The molecule has 0 amide bonds. The Morgan fingerprint density at radius 2 is 2.00 bits per heavy atom. The van der Waals surface area contributed by atoms with Crippen LogP contribution in [-0.4, -0.2) is 15.8 Å². The van der Waals surface area contributed by atoms with Crippen molar-refractivity contribution in [2.45, 2.75) is 19.1 Å². The maximum Gasteiger partial charge on any atom is 0.144 e. The van der Waals surface area contributed by atoms with Crippen molar-refractivity contribution in [3.05, 3.63) is 70.5 Å². The topological polar surface area (TPSA) is 17.8 Å². The number of nitrogens with zero attached hydrogens (tertiary/aromatic N) is 2. The highest BCUT2D eigenvalue weighted by Crippen LogP contribution is 2.30. The molecule has 0 spiro atoms. The predicted octanol–water partition coefficient (Wildman–Crippen LogP) is 5.73. The second kappa shape index (κ2) is 7.37. The Hall–Kier alpha value is -1.52. The molecule has 0 saturated carbocycles. The molecule has 2 nitrogen and oxygen atoms in total. The number of thioether (sulfide) groups is 1. The van der Waals surface area contributed by atoms with Crippen LogP contribution in [0.25, 0.3) is 17.1 Å². The molecule has 0 aliphatic heterocycles. The van der Waals surface area contributed by atoms with Crippen LogP contribution in [0.2, 0.25) is 0 Å². The first kappa shape index (κ1) is 16.3. The maximum atomic E-state index is 4.62. The second-order valence-corrected chi connectivity index (χ2v) is 7.07. The van der Waals surface area contributed by atoms with Crippen LogP contribution in [0.5, 0.6) is 0 Å². The lowest BCUT2D eigenvalue weighted by molar-refractivity contribution is 1.04. The van der Waals surface area contributed by atoms with E-state index in [1.165, 1.54) is 16.7 Å². The number of halogens is 1. The molecule has 0 bridgehead atoms. The normalized spacial score (nSPS) is 10.9. The van der Waals surface area contributed by atoms with Gasteiger partial charge in [0.05, 0.1) is 5.69 Å². The smallest absolute Gasteiger partial charge is 0.144 e. The molecule has 118 valence electrons. The quantitative estimate of drug-likeness (QED) is 0.557. The zero-order chi connectivity index (χ0) is 16.2. The fraction of sp³-hybridized carbons (Fsp3) is 0.211. The second-order valence-electron chi connectivity index (χ2n) is 5.35. The van der Waals surface area contributed by atoms with Gasteiger partial charge in [-0.15, -0.1) is 0 Å². The Bertz CT molecular complexity index is 811. The minimum atomic E-state index is 0.985. The van der Waals surface area contributed by atoms with E-state index >= 15 is 0 Å². The van der Waals surface area contributed by atoms with Crippen LogP contribution in [0.4, 0.5) is 0 Å². The van der Waals surface area contributed by atoms with Gasteiger partial charge in [-0.2, -0.15) is 11.8 Å². The third-order valence-corrected chi connectivity index (χ3v) is 5.11. The Morgan fingerprint density at radius 3 is 2.74 bits per heavy atom. The molecular weight excluding hydrogens is 368 g/mol. The van der Waals surface area contributed by atoms with Crippen LogP contribution in [0.1, 0.15) is 18.1 Å². The summed E-state index contributed by atoms with van der Waals surface area (Å²) in [5.41, 5.74) is 4.95. The number of hydrogen-bond donors (Lipinski definition) is 0. The molecule has 0 aliphatic rings. The first-order valence-corrected chi connectivity index (χ1v) is 9.82. The van der Waals surface area contributed by atoms with Gasteiger partial charge in [0.25, 0.3) is 0 Å². The van der Waals surface area contributed by atoms with Crippen LogP contribution in [-0.2, 0) is 12.2 Å². The molecule has 1 heterocycles. The summed E-state index contributed by atoms with van der Waals surface area (Å²) in [5, 5.41) is 0. The zero-order valence-electron chi connectivity index (χ0n) is 13.3. The van der Waals surface area contributed by atoms with E-state index in [0.717, 1.165) is 28.2 Å². The largest absolute Gasteiger partial charge is 0.299 e. The molecule has 2 aromatic carbocycles. The highest BCUT2D eigenvalue weighted by Gasteiger charge is 2.13. The van der Waals surface area contributed by atoms with Crippen molar-refractivity contribution in [1.29, 1.82) is 0 Å². The summed E-state index contributed by atoms with van der Waals surface area (Å²) in [6.07, 6.45) is 7.05. The van der Waals surface area contributed by atoms with E-state index < -0.39 is 0 Å². The molecule has 0 atom stereocenters. The summed E-state index contributed by atoms with van der Waals surface area (Å²) in [6, 6.07) is 15.0. The molecular formula is C19H19BrN2S. The van der Waals surface area contributed by atoms with E-state index in [1.54, 1.807) is 0 Å². The molecule has 23 heavy (non-hydrogen) atoms. The number of aryl methyl sites for hydroxylation is 1. The van der Waals surface area contributed by atoms with Crippen LogP contribution >= 0.6 is 27.7 Å². The van der Waals surface area contributed by atoms with Gasteiger partial charge in [-0.1, -0.05) is 37.3 Å². The van der Waals surface area contributed by atoms with Gasteiger partial charge in [0, 0.05) is 28.2 Å². The lowest BCUT2D eigenvalue weighted by atomic mass is 10.1. The molecule has 0 aliphatic carbocycles. The molecule has 0 fully saturated rings. The monoisotopic (exact) mass is 386 g/mol.